The topological polar surface area (TPSA) is 136 Å². The van der Waals surface area contributed by atoms with Gasteiger partial charge in [-0.25, -0.2) is 8.42 Å². The average molecular weight is 460 g/mol. The van der Waals surface area contributed by atoms with Crippen LogP contribution < -0.4 is 4.72 Å². The first-order chi connectivity index (χ1) is 14.0. The van der Waals surface area contributed by atoms with E-state index in [9.17, 15) is 28.1 Å². The van der Waals surface area contributed by atoms with Gasteiger partial charge in [-0.05, 0) is 36.6 Å². The summed E-state index contributed by atoms with van der Waals surface area (Å²) in [6.07, 6.45) is 2.67. The summed E-state index contributed by atoms with van der Waals surface area (Å²) >= 11 is 1.12. The Morgan fingerprint density at radius 1 is 1.30 bits per heavy atom. The largest absolute Gasteiger partial charge is 0.455 e. The van der Waals surface area contributed by atoms with E-state index in [0.29, 0.717) is 29.8 Å². The van der Waals surface area contributed by atoms with Crippen LogP contribution in [0.15, 0.2) is 28.0 Å². The van der Waals surface area contributed by atoms with Crippen molar-refractivity contribution in [1.29, 1.82) is 0 Å². The van der Waals surface area contributed by atoms with Crippen LogP contribution in [0.1, 0.15) is 20.3 Å². The van der Waals surface area contributed by atoms with Crippen LogP contribution in [0.3, 0.4) is 0 Å². The fourth-order valence-electron chi connectivity index (χ4n) is 3.37. The molecule has 1 aliphatic heterocycles. The highest BCUT2D eigenvalue weighted by Crippen LogP contribution is 2.29. The van der Waals surface area contributed by atoms with Crippen LogP contribution in [0.25, 0.3) is 0 Å². The van der Waals surface area contributed by atoms with Crippen LogP contribution >= 0.6 is 11.8 Å². The van der Waals surface area contributed by atoms with Gasteiger partial charge in [-0.2, -0.15) is 4.72 Å². The Kier molecular flexibility index (Phi) is 8.21. The van der Waals surface area contributed by atoms with E-state index < -0.39 is 34.1 Å². The van der Waals surface area contributed by atoms with Gasteiger partial charge < -0.3 is 9.64 Å². The van der Waals surface area contributed by atoms with E-state index >= 15 is 0 Å². The Hall–Kier alpha value is -2.18. The number of piperidine rings is 1. The van der Waals surface area contributed by atoms with Crippen molar-refractivity contribution in [3.05, 3.63) is 28.3 Å². The molecule has 0 aromatic heterocycles. The van der Waals surface area contributed by atoms with Gasteiger partial charge >= 0.3 is 5.97 Å². The number of nitrogens with one attached hydrogen (secondary N) is 1. The summed E-state index contributed by atoms with van der Waals surface area (Å²) in [6, 6.07) is 3.48. The molecule has 0 aliphatic carbocycles. The molecule has 0 unspecified atom stereocenters. The molecular weight excluding hydrogens is 434 g/mol. The van der Waals surface area contributed by atoms with Crippen LogP contribution in [-0.4, -0.2) is 62.6 Å². The van der Waals surface area contributed by atoms with Crippen molar-refractivity contribution in [3.63, 3.8) is 0 Å². The second-order valence-corrected chi connectivity index (χ2v) is 9.94. The number of amides is 1. The van der Waals surface area contributed by atoms with Gasteiger partial charge in [0.2, 0.25) is 10.0 Å². The van der Waals surface area contributed by atoms with Gasteiger partial charge in [0.05, 0.1) is 14.7 Å². The van der Waals surface area contributed by atoms with Gasteiger partial charge in [0.25, 0.3) is 11.6 Å². The van der Waals surface area contributed by atoms with E-state index in [1.807, 2.05) is 18.6 Å². The predicted molar refractivity (Wildman–Crippen MR) is 111 cm³/mol. The molecule has 1 heterocycles. The monoisotopic (exact) mass is 459 g/mol. The van der Waals surface area contributed by atoms with Gasteiger partial charge in [-0.1, -0.05) is 13.8 Å². The fraction of sp³-hybridized carbons (Fsp3) is 0.556. The van der Waals surface area contributed by atoms with E-state index in [0.717, 1.165) is 24.2 Å². The maximum absolute atomic E-state index is 12.3. The lowest BCUT2D eigenvalue weighted by Gasteiger charge is -2.34. The predicted octanol–water partition coefficient (Wildman–Crippen LogP) is 1.64. The summed E-state index contributed by atoms with van der Waals surface area (Å²) < 4.78 is 31.6. The summed E-state index contributed by atoms with van der Waals surface area (Å²) in [5, 5.41) is 11.1. The summed E-state index contributed by atoms with van der Waals surface area (Å²) in [6.45, 7) is 4.13. The van der Waals surface area contributed by atoms with Crippen molar-refractivity contribution in [3.8, 4) is 0 Å². The number of likely N-dealkylation sites (tertiary alicyclic amines) is 1. The molecule has 1 saturated heterocycles. The number of hydrogen-bond donors (Lipinski definition) is 1. The van der Waals surface area contributed by atoms with Crippen molar-refractivity contribution in [2.45, 2.75) is 30.1 Å². The highest BCUT2D eigenvalue weighted by Gasteiger charge is 2.26. The molecule has 1 N–H and O–H groups in total. The third-order valence-corrected chi connectivity index (χ3v) is 6.83. The van der Waals surface area contributed by atoms with E-state index in [1.165, 1.54) is 12.1 Å². The van der Waals surface area contributed by atoms with Crippen LogP contribution in [0.4, 0.5) is 5.69 Å². The molecule has 1 aliphatic rings. The Morgan fingerprint density at radius 3 is 2.50 bits per heavy atom. The average Bonchev–Trinajstić information content (AvgIpc) is 2.69. The quantitative estimate of drug-likeness (QED) is 0.268. The number of nitrogens with zero attached hydrogens (tertiary/aromatic N) is 2. The third-order valence-electron chi connectivity index (χ3n) is 4.64. The Morgan fingerprint density at radius 2 is 1.93 bits per heavy atom. The van der Waals surface area contributed by atoms with E-state index in [-0.39, 0.29) is 16.5 Å². The van der Waals surface area contributed by atoms with Crippen LogP contribution in [0.2, 0.25) is 0 Å². The Labute approximate surface area is 179 Å². The van der Waals surface area contributed by atoms with Gasteiger partial charge in [-0.15, -0.1) is 11.8 Å². The zero-order valence-electron chi connectivity index (χ0n) is 17.0. The normalized spacial score (nSPS) is 19.4. The molecule has 1 aromatic carbocycles. The summed E-state index contributed by atoms with van der Waals surface area (Å²) in [7, 11) is -4.17. The molecule has 0 radical (unpaired) electrons. The van der Waals surface area contributed by atoms with Gasteiger partial charge in [-0.3, -0.25) is 19.7 Å². The number of ether oxygens (including phenoxy) is 1. The zero-order chi connectivity index (χ0) is 22.5. The second kappa shape index (κ2) is 10.2. The van der Waals surface area contributed by atoms with Crippen molar-refractivity contribution in [2.24, 2.45) is 11.8 Å². The van der Waals surface area contributed by atoms with Crippen LogP contribution in [-0.2, 0) is 24.3 Å². The van der Waals surface area contributed by atoms with Gasteiger partial charge in [0.1, 0.15) is 6.54 Å². The standard InChI is InChI=1S/C18H25N3O7S2/c1-12-6-13(2)10-20(9-12)17(22)11-28-18(23)8-19-30(26,27)14-4-5-16(29-3)15(7-14)21(24)25/h4-5,7,12-13,19H,6,8-11H2,1-3H3/t12-,13+. The summed E-state index contributed by atoms with van der Waals surface area (Å²) in [4.78, 5) is 36.2. The molecule has 166 valence electrons. The van der Waals surface area contributed by atoms with E-state index in [4.69, 9.17) is 4.74 Å². The molecule has 10 nitrogen and oxygen atoms in total. The molecule has 30 heavy (non-hydrogen) atoms. The first kappa shape index (κ1) is 24.1. The van der Waals surface area contributed by atoms with E-state index in [2.05, 4.69) is 0 Å². The highest BCUT2D eigenvalue weighted by molar-refractivity contribution is 7.98. The minimum absolute atomic E-state index is 0.318. The van der Waals surface area contributed by atoms with Crippen molar-refractivity contribution in [2.75, 3.05) is 32.5 Å². The minimum atomic E-state index is -4.17. The number of carbonyl (C=O) groups is 2. The molecule has 1 amide bonds. The number of thioether (sulfide) groups is 1. The molecule has 1 fully saturated rings. The van der Waals surface area contributed by atoms with Crippen molar-refractivity contribution >= 4 is 39.3 Å². The number of sulfonamides is 1. The summed E-state index contributed by atoms with van der Waals surface area (Å²) in [5.74, 6) is -0.517. The van der Waals surface area contributed by atoms with Crippen molar-refractivity contribution < 1.29 is 27.7 Å². The molecule has 2 atom stereocenters. The lowest BCUT2D eigenvalue weighted by Crippen LogP contribution is -2.44. The number of rotatable bonds is 8. The minimum Gasteiger partial charge on any atom is -0.455 e. The molecule has 0 spiro atoms. The smallest absolute Gasteiger partial charge is 0.321 e. The van der Waals surface area contributed by atoms with Crippen molar-refractivity contribution in [1.82, 2.24) is 9.62 Å². The van der Waals surface area contributed by atoms with Crippen LogP contribution in [0.5, 0.6) is 0 Å². The number of nitro benzene ring substituents is 1. The second-order valence-electron chi connectivity index (χ2n) is 7.32. The zero-order valence-corrected chi connectivity index (χ0v) is 18.6. The SMILES string of the molecule is CSc1ccc(S(=O)(=O)NCC(=O)OCC(=O)N2C[C@H](C)C[C@H](C)C2)cc1[N+](=O)[O-]. The number of hydrogen-bond acceptors (Lipinski definition) is 8. The summed E-state index contributed by atoms with van der Waals surface area (Å²) in [5.41, 5.74) is -0.344. The van der Waals surface area contributed by atoms with Gasteiger partial charge in [0.15, 0.2) is 6.61 Å². The molecule has 0 bridgehead atoms. The van der Waals surface area contributed by atoms with Gasteiger partial charge in [0, 0.05) is 19.2 Å². The van der Waals surface area contributed by atoms with Crippen LogP contribution in [0, 0.1) is 22.0 Å². The molecule has 1 aromatic rings. The first-order valence-corrected chi connectivity index (χ1v) is 12.0. The molecule has 12 heteroatoms. The Balaban J connectivity index is 1.91. The lowest BCUT2D eigenvalue weighted by molar-refractivity contribution is -0.388. The molecular formula is C18H25N3O7S2. The highest BCUT2D eigenvalue weighted by atomic mass is 32.2. The number of nitro groups is 1. The maximum atomic E-state index is 12.3. The lowest BCUT2D eigenvalue weighted by atomic mass is 9.92. The fourth-order valence-corrected chi connectivity index (χ4v) is 4.90. The Bertz CT molecular complexity index is 910. The number of esters is 1. The number of benzene rings is 1. The maximum Gasteiger partial charge on any atom is 0.321 e. The number of carbonyl (C=O) groups excluding carboxylic acids is 2. The molecule has 0 saturated carbocycles. The molecule has 2 rings (SSSR count). The first-order valence-electron chi connectivity index (χ1n) is 9.29. The van der Waals surface area contributed by atoms with E-state index in [1.54, 1.807) is 11.2 Å². The third kappa shape index (κ3) is 6.41.